The third kappa shape index (κ3) is 4.36. The summed E-state index contributed by atoms with van der Waals surface area (Å²) in [6.07, 6.45) is -4.63. The average Bonchev–Trinajstić information content (AvgIpc) is 2.60. The van der Waals surface area contributed by atoms with Gasteiger partial charge in [0.1, 0.15) is 6.61 Å². The Kier molecular flexibility index (Phi) is 3.84. The number of furan rings is 1. The van der Waals surface area contributed by atoms with Crippen molar-refractivity contribution >= 4 is 13.2 Å². The molecule has 0 amide bonds. The van der Waals surface area contributed by atoms with Crippen LogP contribution in [-0.2, 0) is 15.3 Å². The molecule has 0 N–H and O–H groups in total. The Balaban J connectivity index is 2.71. The van der Waals surface area contributed by atoms with Crippen molar-refractivity contribution in [2.24, 2.45) is 0 Å². The molecule has 96 valence electrons. The fourth-order valence-corrected chi connectivity index (χ4v) is 1.35. The Morgan fingerprint density at radius 3 is 2.41 bits per heavy atom. The summed E-state index contributed by atoms with van der Waals surface area (Å²) < 4.78 is 56.6. The molecule has 17 heavy (non-hydrogen) atoms. The van der Waals surface area contributed by atoms with Crippen molar-refractivity contribution in [3.05, 3.63) is 23.7 Å². The second kappa shape index (κ2) is 4.66. The fourth-order valence-electron chi connectivity index (χ4n) is 0.925. The van der Waals surface area contributed by atoms with Crippen LogP contribution >= 0.6 is 7.37 Å². The van der Waals surface area contributed by atoms with Crippen LogP contribution in [0.25, 0.3) is 0 Å². The van der Waals surface area contributed by atoms with Gasteiger partial charge in [-0.2, -0.15) is 13.2 Å². The summed E-state index contributed by atoms with van der Waals surface area (Å²) in [5.74, 6) is -2.51. The normalized spacial score (nSPS) is 12.8. The zero-order chi connectivity index (χ0) is 13.3. The first-order chi connectivity index (χ1) is 7.59. The number of halogens is 3. The fraction of sp³-hybridized carbons (Fsp3) is 0.444. The van der Waals surface area contributed by atoms with E-state index >= 15 is 0 Å². The van der Waals surface area contributed by atoms with Crippen LogP contribution < -0.4 is 0 Å². The first-order valence-corrected chi connectivity index (χ1v) is 7.01. The maximum absolute atomic E-state index is 12.2. The summed E-state index contributed by atoms with van der Waals surface area (Å²) in [6, 6.07) is 1.56. The maximum atomic E-state index is 12.2. The molecule has 0 aromatic carbocycles. The van der Waals surface area contributed by atoms with Gasteiger partial charge >= 0.3 is 6.18 Å². The number of carbonyl (C=O) groups is 1. The van der Waals surface area contributed by atoms with E-state index in [2.05, 4.69) is 4.42 Å². The first kappa shape index (κ1) is 14.0. The monoisotopic (exact) mass is 270 g/mol. The van der Waals surface area contributed by atoms with Gasteiger partial charge in [-0.1, -0.05) is 0 Å². The van der Waals surface area contributed by atoms with Gasteiger partial charge in [0.05, 0.1) is 0 Å². The van der Waals surface area contributed by atoms with Gasteiger partial charge in [0, 0.05) is 13.3 Å². The molecule has 4 nitrogen and oxygen atoms in total. The van der Waals surface area contributed by atoms with Gasteiger partial charge in [0.25, 0.3) is 0 Å². The van der Waals surface area contributed by atoms with Crippen LogP contribution in [0.2, 0.25) is 0 Å². The minimum Gasteiger partial charge on any atom is -0.448 e. The molecule has 8 heteroatoms. The summed E-state index contributed by atoms with van der Waals surface area (Å²) >= 11 is 0. The zero-order valence-electron chi connectivity index (χ0n) is 9.08. The van der Waals surface area contributed by atoms with Crippen LogP contribution in [0.15, 0.2) is 16.5 Å². The lowest BCUT2D eigenvalue weighted by Gasteiger charge is -2.06. The lowest BCUT2D eigenvalue weighted by molar-refractivity contribution is -0.153. The van der Waals surface area contributed by atoms with Crippen LogP contribution in [0.4, 0.5) is 13.2 Å². The van der Waals surface area contributed by atoms with Gasteiger partial charge in [-0.25, -0.2) is 0 Å². The number of alkyl halides is 3. The molecule has 0 saturated heterocycles. The second-order valence-electron chi connectivity index (χ2n) is 3.61. The van der Waals surface area contributed by atoms with E-state index in [1.807, 2.05) is 0 Å². The van der Waals surface area contributed by atoms with Crippen molar-refractivity contribution in [1.82, 2.24) is 0 Å². The number of rotatable bonds is 4. The van der Waals surface area contributed by atoms with Crippen molar-refractivity contribution in [3.8, 4) is 0 Å². The van der Waals surface area contributed by atoms with E-state index < -0.39 is 37.5 Å². The number of hydrogen-bond donors (Lipinski definition) is 0. The van der Waals surface area contributed by atoms with Crippen molar-refractivity contribution in [2.45, 2.75) is 6.18 Å². The van der Waals surface area contributed by atoms with E-state index in [-0.39, 0.29) is 0 Å². The summed E-state index contributed by atoms with van der Waals surface area (Å²) in [5.41, 5.74) is 0. The summed E-state index contributed by atoms with van der Waals surface area (Å²) in [6.45, 7) is 2.02. The second-order valence-corrected chi connectivity index (χ2v) is 6.37. The summed E-state index contributed by atoms with van der Waals surface area (Å²) in [5, 5.41) is 0. The van der Waals surface area contributed by atoms with Crippen molar-refractivity contribution in [2.75, 3.05) is 19.9 Å². The van der Waals surface area contributed by atoms with Gasteiger partial charge in [0.2, 0.25) is 11.5 Å². The Bertz CT molecular complexity index is 457. The van der Waals surface area contributed by atoms with Gasteiger partial charge in [-0.15, -0.1) is 0 Å². The maximum Gasteiger partial charge on any atom is 0.449 e. The molecule has 0 unspecified atom stereocenters. The van der Waals surface area contributed by atoms with Crippen LogP contribution in [0.1, 0.15) is 16.3 Å². The first-order valence-electron chi connectivity index (χ1n) is 4.49. The summed E-state index contributed by atoms with van der Waals surface area (Å²) in [4.78, 5) is 11.3. The highest BCUT2D eigenvalue weighted by molar-refractivity contribution is 7.57. The van der Waals surface area contributed by atoms with E-state index in [0.29, 0.717) is 6.07 Å². The highest BCUT2D eigenvalue weighted by atomic mass is 31.2. The smallest absolute Gasteiger partial charge is 0.448 e. The molecule has 0 bridgehead atoms. The highest BCUT2D eigenvalue weighted by Gasteiger charge is 2.35. The Labute approximate surface area is 95.2 Å². The number of ketones is 1. The van der Waals surface area contributed by atoms with E-state index in [1.165, 1.54) is 13.3 Å². The molecular formula is C9H10F3O4P. The molecule has 0 radical (unpaired) electrons. The predicted molar refractivity (Wildman–Crippen MR) is 53.4 cm³/mol. The van der Waals surface area contributed by atoms with Gasteiger partial charge < -0.3 is 8.94 Å². The predicted octanol–water partition coefficient (Wildman–Crippen LogP) is 3.04. The minimum atomic E-state index is -4.63. The van der Waals surface area contributed by atoms with Crippen LogP contribution in [0, 0.1) is 0 Å². The van der Waals surface area contributed by atoms with E-state index in [1.54, 1.807) is 0 Å². The molecule has 0 aliphatic carbocycles. The standard InChI is InChI=1S/C9H10F3O4P/c1-17(2,14)15-5-6(13)7-3-4-8(16-7)9(10,11)12/h3-4H,5H2,1-2H3. The number of Topliss-reactive ketones (excluding diaryl/α,β-unsaturated/α-hetero) is 1. The molecule has 1 aromatic heterocycles. The SMILES string of the molecule is CP(C)(=O)OCC(=O)c1ccc(C(F)(F)F)o1. The van der Waals surface area contributed by atoms with Crippen molar-refractivity contribution < 1.29 is 31.5 Å². The Hall–Kier alpha value is -1.07. The van der Waals surface area contributed by atoms with Crippen molar-refractivity contribution in [1.29, 1.82) is 0 Å². The molecule has 0 aliphatic heterocycles. The summed E-state index contributed by atoms with van der Waals surface area (Å²) in [7, 11) is -2.85. The molecule has 0 aliphatic rings. The third-order valence-corrected chi connectivity index (χ3v) is 2.42. The van der Waals surface area contributed by atoms with Crippen molar-refractivity contribution in [3.63, 3.8) is 0 Å². The Morgan fingerprint density at radius 1 is 1.41 bits per heavy atom. The van der Waals surface area contributed by atoms with E-state index in [0.717, 1.165) is 6.07 Å². The van der Waals surface area contributed by atoms with E-state index in [9.17, 15) is 22.5 Å². The quantitative estimate of drug-likeness (QED) is 0.623. The molecule has 1 rings (SSSR count). The molecule has 0 fully saturated rings. The third-order valence-electron chi connectivity index (χ3n) is 1.67. The van der Waals surface area contributed by atoms with Gasteiger partial charge in [-0.3, -0.25) is 9.36 Å². The van der Waals surface area contributed by atoms with Crippen LogP contribution in [0.3, 0.4) is 0 Å². The van der Waals surface area contributed by atoms with E-state index in [4.69, 9.17) is 4.52 Å². The molecule has 0 saturated carbocycles. The van der Waals surface area contributed by atoms with Gasteiger partial charge in [0.15, 0.2) is 13.1 Å². The molecule has 0 atom stereocenters. The zero-order valence-corrected chi connectivity index (χ0v) is 9.97. The lowest BCUT2D eigenvalue weighted by Crippen LogP contribution is -2.07. The molecule has 0 spiro atoms. The Morgan fingerprint density at radius 2 is 2.00 bits per heavy atom. The van der Waals surface area contributed by atoms with Crippen LogP contribution in [-0.4, -0.2) is 25.7 Å². The number of hydrogen-bond acceptors (Lipinski definition) is 4. The highest BCUT2D eigenvalue weighted by Crippen LogP contribution is 2.37. The topological polar surface area (TPSA) is 56.5 Å². The number of carbonyl (C=O) groups excluding carboxylic acids is 1. The van der Waals surface area contributed by atoms with Crippen LogP contribution in [0.5, 0.6) is 0 Å². The van der Waals surface area contributed by atoms with Gasteiger partial charge in [-0.05, 0) is 12.1 Å². The minimum absolute atomic E-state index is 0.467. The average molecular weight is 270 g/mol. The lowest BCUT2D eigenvalue weighted by atomic mass is 10.3. The molecular weight excluding hydrogens is 260 g/mol. The molecule has 1 heterocycles. The largest absolute Gasteiger partial charge is 0.449 e. The molecule has 1 aromatic rings.